The Morgan fingerprint density at radius 2 is 1.21 bits per heavy atom. The second-order valence-electron chi connectivity index (χ2n) is 6.77. The van der Waals surface area contributed by atoms with Crippen molar-refractivity contribution in [3.8, 4) is 0 Å². The zero-order valence-corrected chi connectivity index (χ0v) is 12.7. The Kier molecular flexibility index (Phi) is 3.40. The molecule has 0 aromatic heterocycles. The zero-order valence-electron chi connectivity index (χ0n) is 11.8. The van der Waals surface area contributed by atoms with Gasteiger partial charge in [-0.1, -0.05) is 63.9 Å². The van der Waals surface area contributed by atoms with E-state index in [0.717, 1.165) is 23.2 Å². The fraction of sp³-hybridized carbons (Fsp3) is 0.667. The first-order valence-electron chi connectivity index (χ1n) is 8.28. The first-order valence-corrected chi connectivity index (χ1v) is 9.76. The van der Waals surface area contributed by atoms with E-state index < -0.39 is 0 Å². The Labute approximate surface area is 118 Å². The van der Waals surface area contributed by atoms with Crippen molar-refractivity contribution in [2.24, 2.45) is 11.8 Å². The predicted octanol–water partition coefficient (Wildman–Crippen LogP) is 4.93. The van der Waals surface area contributed by atoms with Crippen LogP contribution in [0, 0.1) is 11.8 Å². The largest absolute Gasteiger partial charge is 0.0684 e. The highest BCUT2D eigenvalue weighted by Crippen LogP contribution is 2.66. The SMILES string of the molecule is c1ccc(P2C3CCCCC3C3CCCCC32)cc1. The molecule has 0 radical (unpaired) electrons. The molecule has 3 aliphatic rings. The molecular formula is C18H25P. The molecule has 0 spiro atoms. The van der Waals surface area contributed by atoms with Crippen molar-refractivity contribution in [1.82, 2.24) is 0 Å². The van der Waals surface area contributed by atoms with Gasteiger partial charge in [0, 0.05) is 0 Å². The predicted molar refractivity (Wildman–Crippen MR) is 84.5 cm³/mol. The Balaban J connectivity index is 1.71. The van der Waals surface area contributed by atoms with Crippen molar-refractivity contribution in [3.05, 3.63) is 30.3 Å². The molecule has 102 valence electrons. The summed E-state index contributed by atoms with van der Waals surface area (Å²) in [6, 6.07) is 11.6. The number of hydrogen-bond donors (Lipinski definition) is 0. The van der Waals surface area contributed by atoms with Crippen LogP contribution in [0.15, 0.2) is 30.3 Å². The minimum atomic E-state index is 0.145. The van der Waals surface area contributed by atoms with E-state index in [1.54, 1.807) is 18.1 Å². The number of hydrogen-bond acceptors (Lipinski definition) is 0. The molecule has 2 aliphatic carbocycles. The van der Waals surface area contributed by atoms with Crippen LogP contribution in [0.25, 0.3) is 0 Å². The maximum absolute atomic E-state index is 2.44. The molecule has 4 rings (SSSR count). The molecule has 0 amide bonds. The topological polar surface area (TPSA) is 0 Å². The summed E-state index contributed by atoms with van der Waals surface area (Å²) in [5.41, 5.74) is 2.17. The normalized spacial score (nSPS) is 41.6. The Morgan fingerprint density at radius 1 is 0.684 bits per heavy atom. The first kappa shape index (κ1) is 12.4. The van der Waals surface area contributed by atoms with Gasteiger partial charge < -0.3 is 0 Å². The molecule has 1 aromatic rings. The van der Waals surface area contributed by atoms with Gasteiger partial charge in [0.1, 0.15) is 0 Å². The lowest BCUT2D eigenvalue weighted by Gasteiger charge is -2.31. The molecule has 2 saturated carbocycles. The van der Waals surface area contributed by atoms with Gasteiger partial charge >= 0.3 is 0 Å². The molecule has 1 saturated heterocycles. The van der Waals surface area contributed by atoms with Gasteiger partial charge in [-0.3, -0.25) is 0 Å². The van der Waals surface area contributed by atoms with Crippen LogP contribution in [-0.4, -0.2) is 11.3 Å². The standard InChI is InChI=1S/C18H25P/c1-2-8-14(9-3-1)19-17-12-6-4-10-15(17)16-11-5-7-13-18(16)19/h1-3,8-9,15-18H,4-7,10-13H2. The second kappa shape index (κ2) is 5.21. The molecule has 1 aromatic carbocycles. The molecule has 0 nitrogen and oxygen atoms in total. The van der Waals surface area contributed by atoms with E-state index in [0.29, 0.717) is 0 Å². The quantitative estimate of drug-likeness (QED) is 0.636. The lowest BCUT2D eigenvalue weighted by molar-refractivity contribution is 0.231. The highest BCUT2D eigenvalue weighted by Gasteiger charge is 2.50. The van der Waals surface area contributed by atoms with E-state index in [4.69, 9.17) is 0 Å². The van der Waals surface area contributed by atoms with Gasteiger partial charge in [-0.25, -0.2) is 0 Å². The van der Waals surface area contributed by atoms with E-state index in [1.807, 2.05) is 0 Å². The molecule has 4 atom stereocenters. The van der Waals surface area contributed by atoms with Crippen LogP contribution in [0.2, 0.25) is 0 Å². The average Bonchev–Trinajstić information content (AvgIpc) is 2.83. The van der Waals surface area contributed by atoms with Crippen LogP contribution in [-0.2, 0) is 0 Å². The number of rotatable bonds is 1. The van der Waals surface area contributed by atoms with E-state index in [1.165, 1.54) is 38.5 Å². The van der Waals surface area contributed by atoms with Crippen molar-refractivity contribution < 1.29 is 0 Å². The number of benzene rings is 1. The molecule has 1 heterocycles. The summed E-state index contributed by atoms with van der Waals surface area (Å²) in [5, 5.41) is 1.73. The summed E-state index contributed by atoms with van der Waals surface area (Å²) >= 11 is 0. The lowest BCUT2D eigenvalue weighted by Crippen LogP contribution is -2.26. The van der Waals surface area contributed by atoms with Crippen molar-refractivity contribution in [3.63, 3.8) is 0 Å². The van der Waals surface area contributed by atoms with E-state index in [9.17, 15) is 0 Å². The molecule has 4 unspecified atom stereocenters. The summed E-state index contributed by atoms with van der Waals surface area (Å²) in [5.74, 6) is 2.20. The van der Waals surface area contributed by atoms with Gasteiger partial charge in [0.25, 0.3) is 0 Å². The molecule has 1 heteroatoms. The van der Waals surface area contributed by atoms with E-state index in [-0.39, 0.29) is 7.92 Å². The molecule has 0 N–H and O–H groups in total. The van der Waals surface area contributed by atoms with Gasteiger partial charge in [0.05, 0.1) is 0 Å². The van der Waals surface area contributed by atoms with Gasteiger partial charge in [-0.2, -0.15) is 0 Å². The second-order valence-corrected chi connectivity index (χ2v) is 9.43. The average molecular weight is 272 g/mol. The van der Waals surface area contributed by atoms with Crippen LogP contribution in [0.3, 0.4) is 0 Å². The van der Waals surface area contributed by atoms with Crippen LogP contribution in [0.4, 0.5) is 0 Å². The van der Waals surface area contributed by atoms with Gasteiger partial charge in [-0.15, -0.1) is 0 Å². The highest BCUT2D eigenvalue weighted by molar-refractivity contribution is 7.67. The summed E-state index contributed by atoms with van der Waals surface area (Å²) in [6.45, 7) is 0. The van der Waals surface area contributed by atoms with Crippen LogP contribution in [0.5, 0.6) is 0 Å². The molecule has 19 heavy (non-hydrogen) atoms. The highest BCUT2D eigenvalue weighted by atomic mass is 31.1. The summed E-state index contributed by atoms with van der Waals surface area (Å²) < 4.78 is 0. The van der Waals surface area contributed by atoms with E-state index in [2.05, 4.69) is 30.3 Å². The first-order chi connectivity index (χ1) is 9.45. The summed E-state index contributed by atoms with van der Waals surface area (Å²) in [7, 11) is 0.145. The third kappa shape index (κ3) is 2.07. The van der Waals surface area contributed by atoms with Crippen molar-refractivity contribution in [2.75, 3.05) is 0 Å². The molecule has 1 aliphatic heterocycles. The Bertz CT molecular complexity index is 405. The fourth-order valence-corrected chi connectivity index (χ4v) is 9.46. The number of fused-ring (bicyclic) bond motifs is 3. The van der Waals surface area contributed by atoms with Crippen molar-refractivity contribution in [2.45, 2.75) is 62.7 Å². The lowest BCUT2D eigenvalue weighted by atomic mass is 9.73. The Hall–Kier alpha value is -0.350. The third-order valence-electron chi connectivity index (χ3n) is 5.88. The van der Waals surface area contributed by atoms with Crippen LogP contribution < -0.4 is 5.30 Å². The molecular weight excluding hydrogens is 247 g/mol. The van der Waals surface area contributed by atoms with Crippen molar-refractivity contribution >= 4 is 13.2 Å². The van der Waals surface area contributed by atoms with Gasteiger partial charge in [0.2, 0.25) is 0 Å². The van der Waals surface area contributed by atoms with Crippen LogP contribution in [0.1, 0.15) is 51.4 Å². The van der Waals surface area contributed by atoms with Crippen LogP contribution >= 0.6 is 7.92 Å². The minimum absolute atomic E-state index is 0.145. The smallest absolute Gasteiger partial charge is 0.0135 e. The van der Waals surface area contributed by atoms with Gasteiger partial charge in [0.15, 0.2) is 0 Å². The molecule has 0 bridgehead atoms. The summed E-state index contributed by atoms with van der Waals surface area (Å²) in [4.78, 5) is 0. The van der Waals surface area contributed by atoms with E-state index >= 15 is 0 Å². The van der Waals surface area contributed by atoms with Gasteiger partial charge in [-0.05, 0) is 54.1 Å². The maximum Gasteiger partial charge on any atom is -0.0135 e. The van der Waals surface area contributed by atoms with Crippen molar-refractivity contribution in [1.29, 1.82) is 0 Å². The fourth-order valence-electron chi connectivity index (χ4n) is 5.20. The molecule has 3 fully saturated rings. The summed E-state index contributed by atoms with van der Waals surface area (Å²) in [6.07, 6.45) is 12.2. The minimum Gasteiger partial charge on any atom is -0.0684 e. The monoisotopic (exact) mass is 272 g/mol. The Morgan fingerprint density at radius 3 is 1.79 bits per heavy atom. The third-order valence-corrected chi connectivity index (χ3v) is 9.49. The maximum atomic E-state index is 2.44. The zero-order chi connectivity index (χ0) is 12.7.